The number of hydrogen-bond donors (Lipinski definition) is 2. The van der Waals surface area contributed by atoms with Gasteiger partial charge in [-0.3, -0.25) is 4.79 Å². The number of ether oxygens (including phenoxy) is 1. The van der Waals surface area contributed by atoms with Crippen molar-refractivity contribution in [1.82, 2.24) is 4.98 Å². The van der Waals surface area contributed by atoms with Gasteiger partial charge in [0, 0.05) is 28.2 Å². The Morgan fingerprint density at radius 2 is 2.09 bits per heavy atom. The third-order valence-electron chi connectivity index (χ3n) is 3.31. The number of carbonyl (C=O) groups excluding carboxylic acids is 2. The first-order chi connectivity index (χ1) is 10.3. The summed E-state index contributed by atoms with van der Waals surface area (Å²) in [5.74, 6) is -1.60. The highest BCUT2D eigenvalue weighted by Gasteiger charge is 2.61. The molecule has 3 N–H and O–H groups in total. The number of aromatic nitrogens is 1. The first kappa shape index (κ1) is 16.0. The Balaban J connectivity index is 2.72. The lowest BCUT2D eigenvalue weighted by molar-refractivity contribution is -0.208. The smallest absolute Gasteiger partial charge is 0.421 e. The number of halogens is 3. The van der Waals surface area contributed by atoms with Crippen molar-refractivity contribution in [3.8, 4) is 0 Å². The average Bonchev–Trinajstić information content (AvgIpc) is 2.88. The number of esters is 1. The molecular formula is C14H13F3N2O3. The van der Waals surface area contributed by atoms with Gasteiger partial charge in [-0.25, -0.2) is 4.79 Å². The van der Waals surface area contributed by atoms with E-state index in [1.807, 2.05) is 0 Å². The van der Waals surface area contributed by atoms with Crippen molar-refractivity contribution in [2.75, 3.05) is 6.61 Å². The van der Waals surface area contributed by atoms with Gasteiger partial charge in [0.2, 0.25) is 5.54 Å². The predicted molar refractivity (Wildman–Crippen MR) is 72.2 cm³/mol. The highest BCUT2D eigenvalue weighted by molar-refractivity contribution is 5.95. The number of carbonyl (C=O) groups is 2. The molecule has 1 aromatic carbocycles. The van der Waals surface area contributed by atoms with Crippen LogP contribution in [0.25, 0.3) is 10.9 Å². The van der Waals surface area contributed by atoms with E-state index in [0.29, 0.717) is 11.8 Å². The van der Waals surface area contributed by atoms with Gasteiger partial charge in [-0.2, -0.15) is 13.2 Å². The van der Waals surface area contributed by atoms with Gasteiger partial charge in [-0.1, -0.05) is 0 Å². The Kier molecular flexibility index (Phi) is 3.97. The maximum absolute atomic E-state index is 13.4. The van der Waals surface area contributed by atoms with Gasteiger partial charge in [-0.05, 0) is 25.1 Å². The van der Waals surface area contributed by atoms with E-state index >= 15 is 0 Å². The molecule has 0 radical (unpaired) electrons. The van der Waals surface area contributed by atoms with Crippen LogP contribution in [0.5, 0.6) is 0 Å². The van der Waals surface area contributed by atoms with Crippen LogP contribution in [0.4, 0.5) is 13.2 Å². The molecule has 0 bridgehead atoms. The summed E-state index contributed by atoms with van der Waals surface area (Å²) in [7, 11) is 0. The second kappa shape index (κ2) is 5.45. The molecule has 1 atom stereocenters. The molecule has 0 fully saturated rings. The van der Waals surface area contributed by atoms with E-state index in [9.17, 15) is 22.8 Å². The third kappa shape index (κ3) is 2.35. The molecule has 0 amide bonds. The first-order valence-corrected chi connectivity index (χ1v) is 6.35. The van der Waals surface area contributed by atoms with E-state index in [1.165, 1.54) is 25.1 Å². The van der Waals surface area contributed by atoms with Gasteiger partial charge in [0.1, 0.15) is 6.29 Å². The van der Waals surface area contributed by atoms with E-state index in [2.05, 4.69) is 9.72 Å². The van der Waals surface area contributed by atoms with Gasteiger partial charge in [0.05, 0.1) is 6.61 Å². The molecule has 0 saturated heterocycles. The fraction of sp³-hybridized carbons (Fsp3) is 0.286. The molecule has 0 aliphatic heterocycles. The molecule has 2 rings (SSSR count). The van der Waals surface area contributed by atoms with E-state index in [1.54, 1.807) is 0 Å². The number of benzene rings is 1. The Morgan fingerprint density at radius 1 is 1.41 bits per heavy atom. The molecule has 1 heterocycles. The van der Waals surface area contributed by atoms with Crippen LogP contribution in [0.2, 0.25) is 0 Å². The minimum atomic E-state index is -5.06. The van der Waals surface area contributed by atoms with Crippen molar-refractivity contribution in [3.63, 3.8) is 0 Å². The second-order valence-corrected chi connectivity index (χ2v) is 4.65. The molecule has 118 valence electrons. The van der Waals surface area contributed by atoms with E-state index < -0.39 is 23.2 Å². The largest absolute Gasteiger partial charge is 0.464 e. The molecule has 5 nitrogen and oxygen atoms in total. The molecule has 0 aliphatic rings. The summed E-state index contributed by atoms with van der Waals surface area (Å²) < 4.78 is 44.8. The quantitative estimate of drug-likeness (QED) is 0.669. The average molecular weight is 314 g/mol. The molecule has 1 aromatic heterocycles. The summed E-state index contributed by atoms with van der Waals surface area (Å²) in [6.07, 6.45) is -3.57. The normalized spacial score (nSPS) is 14.6. The van der Waals surface area contributed by atoms with Crippen LogP contribution in [0.15, 0.2) is 24.4 Å². The van der Waals surface area contributed by atoms with Crippen molar-refractivity contribution in [2.24, 2.45) is 5.73 Å². The maximum Gasteiger partial charge on any atom is 0.421 e. The van der Waals surface area contributed by atoms with Crippen molar-refractivity contribution in [2.45, 2.75) is 18.6 Å². The van der Waals surface area contributed by atoms with Crippen LogP contribution in [-0.4, -0.2) is 30.0 Å². The van der Waals surface area contributed by atoms with Crippen LogP contribution in [0, 0.1) is 0 Å². The summed E-state index contributed by atoms with van der Waals surface area (Å²) in [6, 6.07) is 4.11. The number of nitrogens with two attached hydrogens (primary N) is 1. The van der Waals surface area contributed by atoms with Crippen LogP contribution in [0.1, 0.15) is 22.8 Å². The number of H-pyrrole nitrogens is 1. The second-order valence-electron chi connectivity index (χ2n) is 4.65. The molecule has 1 unspecified atom stereocenters. The van der Waals surface area contributed by atoms with Crippen molar-refractivity contribution >= 4 is 23.2 Å². The molecule has 22 heavy (non-hydrogen) atoms. The van der Waals surface area contributed by atoms with Crippen LogP contribution < -0.4 is 5.73 Å². The van der Waals surface area contributed by atoms with Gasteiger partial charge in [0.25, 0.3) is 0 Å². The van der Waals surface area contributed by atoms with E-state index in [0.717, 1.165) is 6.20 Å². The Labute approximate surface area is 123 Å². The Morgan fingerprint density at radius 3 is 2.64 bits per heavy atom. The van der Waals surface area contributed by atoms with Gasteiger partial charge < -0.3 is 15.5 Å². The standard InChI is InChI=1S/C14H13F3N2O3/c1-2-22-12(21)13(18,14(15,16)17)10-6-19-11-4-3-8(7-20)5-9(10)11/h3-7,19H,2,18H2,1H3. The first-order valence-electron chi connectivity index (χ1n) is 6.35. The molecule has 2 aromatic rings. The van der Waals surface area contributed by atoms with Crippen molar-refractivity contribution in [1.29, 1.82) is 0 Å². The summed E-state index contributed by atoms with van der Waals surface area (Å²) in [5.41, 5.74) is 2.11. The fourth-order valence-corrected chi connectivity index (χ4v) is 2.16. The minimum Gasteiger partial charge on any atom is -0.464 e. The summed E-state index contributed by atoms with van der Waals surface area (Å²) >= 11 is 0. The van der Waals surface area contributed by atoms with Crippen molar-refractivity contribution in [3.05, 3.63) is 35.5 Å². The summed E-state index contributed by atoms with van der Waals surface area (Å²) in [6.45, 7) is 1.14. The SMILES string of the molecule is CCOC(=O)C(N)(c1c[nH]c2ccc(C=O)cc12)C(F)(F)F. The zero-order valence-electron chi connectivity index (χ0n) is 11.5. The lowest BCUT2D eigenvalue weighted by Crippen LogP contribution is -2.57. The van der Waals surface area contributed by atoms with Crippen LogP contribution in [0.3, 0.4) is 0 Å². The number of aromatic amines is 1. The molecular weight excluding hydrogens is 301 g/mol. The maximum atomic E-state index is 13.4. The third-order valence-corrected chi connectivity index (χ3v) is 3.31. The lowest BCUT2D eigenvalue weighted by Gasteiger charge is -2.29. The fourth-order valence-electron chi connectivity index (χ4n) is 2.16. The monoisotopic (exact) mass is 314 g/mol. The number of alkyl halides is 3. The number of fused-ring (bicyclic) bond motifs is 1. The highest BCUT2D eigenvalue weighted by atomic mass is 19.4. The Bertz CT molecular complexity index is 724. The minimum absolute atomic E-state index is 0.0393. The van der Waals surface area contributed by atoms with Gasteiger partial charge in [0.15, 0.2) is 0 Å². The zero-order chi connectivity index (χ0) is 16.5. The molecule has 0 aliphatic carbocycles. The topological polar surface area (TPSA) is 85.2 Å². The van der Waals surface area contributed by atoms with Gasteiger partial charge in [-0.15, -0.1) is 0 Å². The van der Waals surface area contributed by atoms with Crippen LogP contribution in [-0.2, 0) is 15.1 Å². The predicted octanol–water partition coefficient (Wildman–Crippen LogP) is 2.26. The van der Waals surface area contributed by atoms with E-state index in [4.69, 9.17) is 5.73 Å². The summed E-state index contributed by atoms with van der Waals surface area (Å²) in [5, 5.41) is 0.0393. The molecule has 0 saturated carbocycles. The Hall–Kier alpha value is -2.35. The molecule has 8 heteroatoms. The number of rotatable bonds is 4. The highest BCUT2D eigenvalue weighted by Crippen LogP contribution is 2.41. The van der Waals surface area contributed by atoms with Crippen molar-refractivity contribution < 1.29 is 27.5 Å². The van der Waals surface area contributed by atoms with E-state index in [-0.39, 0.29) is 17.6 Å². The number of nitrogens with one attached hydrogen (secondary N) is 1. The van der Waals surface area contributed by atoms with Crippen LogP contribution >= 0.6 is 0 Å². The lowest BCUT2D eigenvalue weighted by atomic mass is 9.89. The van der Waals surface area contributed by atoms with Gasteiger partial charge >= 0.3 is 12.1 Å². The number of hydrogen-bond acceptors (Lipinski definition) is 4. The zero-order valence-corrected chi connectivity index (χ0v) is 11.5. The number of aldehydes is 1. The molecule has 0 spiro atoms. The summed E-state index contributed by atoms with van der Waals surface area (Å²) in [4.78, 5) is 25.3.